The summed E-state index contributed by atoms with van der Waals surface area (Å²) < 4.78 is 0.996. The summed E-state index contributed by atoms with van der Waals surface area (Å²) in [6.45, 7) is 0. The summed E-state index contributed by atoms with van der Waals surface area (Å²) in [6.07, 6.45) is 0. The zero-order chi connectivity index (χ0) is 14.8. The molecular formula is C15H12BrN3OS. The van der Waals surface area contributed by atoms with Crippen LogP contribution in [0.15, 0.2) is 53.0 Å². The summed E-state index contributed by atoms with van der Waals surface area (Å²) in [5.74, 6) is -0.101. The number of para-hydroxylation sites is 1. The minimum absolute atomic E-state index is 0.101. The molecule has 2 aromatic carbocycles. The highest BCUT2D eigenvalue weighted by Gasteiger charge is 2.30. The maximum absolute atomic E-state index is 12.0. The molecule has 0 radical (unpaired) electrons. The van der Waals surface area contributed by atoms with Crippen molar-refractivity contribution in [2.24, 2.45) is 0 Å². The third kappa shape index (κ3) is 3.06. The van der Waals surface area contributed by atoms with Crippen molar-refractivity contribution >= 4 is 50.5 Å². The first kappa shape index (κ1) is 14.0. The Labute approximate surface area is 136 Å². The predicted molar refractivity (Wildman–Crippen MR) is 91.3 cm³/mol. The zero-order valence-electron chi connectivity index (χ0n) is 10.9. The van der Waals surface area contributed by atoms with Gasteiger partial charge in [-0.3, -0.25) is 4.79 Å². The summed E-state index contributed by atoms with van der Waals surface area (Å²) in [6, 6.07) is 14.8. The molecule has 6 heteroatoms. The number of benzene rings is 2. The fraction of sp³-hybridized carbons (Fsp3) is 0.0667. The molecule has 3 rings (SSSR count). The number of hydrogen-bond donors (Lipinski definition) is 3. The molecule has 0 saturated heterocycles. The molecule has 21 heavy (non-hydrogen) atoms. The van der Waals surface area contributed by atoms with Gasteiger partial charge in [0.2, 0.25) is 0 Å². The van der Waals surface area contributed by atoms with Crippen LogP contribution in [-0.4, -0.2) is 11.0 Å². The molecule has 0 aliphatic carbocycles. The van der Waals surface area contributed by atoms with Crippen molar-refractivity contribution in [3.05, 3.63) is 58.6 Å². The first-order chi connectivity index (χ1) is 10.1. The summed E-state index contributed by atoms with van der Waals surface area (Å²) in [5, 5.41) is 9.35. The van der Waals surface area contributed by atoms with Crippen LogP contribution in [0, 0.1) is 0 Å². The van der Waals surface area contributed by atoms with Crippen LogP contribution >= 0.6 is 28.1 Å². The lowest BCUT2D eigenvalue weighted by molar-refractivity contribution is -0.117. The van der Waals surface area contributed by atoms with Gasteiger partial charge >= 0.3 is 0 Å². The second-order valence-corrected chi connectivity index (χ2v) is 5.94. The maximum atomic E-state index is 12.0. The Morgan fingerprint density at radius 3 is 2.62 bits per heavy atom. The summed E-state index contributed by atoms with van der Waals surface area (Å²) in [4.78, 5) is 12.0. The van der Waals surface area contributed by atoms with Crippen LogP contribution in [0.1, 0.15) is 11.6 Å². The number of halogens is 1. The summed E-state index contributed by atoms with van der Waals surface area (Å²) in [5.41, 5.74) is 2.59. The van der Waals surface area contributed by atoms with Crippen molar-refractivity contribution in [1.29, 1.82) is 0 Å². The van der Waals surface area contributed by atoms with Crippen molar-refractivity contribution in [1.82, 2.24) is 5.32 Å². The van der Waals surface area contributed by atoms with Crippen molar-refractivity contribution in [3.8, 4) is 0 Å². The molecule has 0 saturated carbocycles. The SMILES string of the molecule is O=C1Nc2ccccc2C1NC(=S)Nc1ccc(Br)cc1. The van der Waals surface area contributed by atoms with E-state index in [9.17, 15) is 4.79 Å². The molecule has 0 fully saturated rings. The molecule has 4 nitrogen and oxygen atoms in total. The molecule has 0 spiro atoms. The van der Waals surface area contributed by atoms with Crippen LogP contribution in [0.2, 0.25) is 0 Å². The van der Waals surface area contributed by atoms with Crippen LogP contribution in [0.4, 0.5) is 11.4 Å². The molecule has 1 atom stereocenters. The van der Waals surface area contributed by atoms with Gasteiger partial charge in [0.05, 0.1) is 0 Å². The average molecular weight is 362 g/mol. The molecule has 1 aliphatic heterocycles. The first-order valence-electron chi connectivity index (χ1n) is 6.36. The standard InChI is InChI=1S/C15H12BrN3OS/c16-9-5-7-10(8-6-9)17-15(21)19-13-11-3-1-2-4-12(11)18-14(13)20/h1-8,13H,(H,18,20)(H2,17,19,21). The number of carbonyl (C=O) groups excluding carboxylic acids is 1. The van der Waals surface area contributed by atoms with E-state index >= 15 is 0 Å². The highest BCUT2D eigenvalue weighted by Crippen LogP contribution is 2.30. The minimum atomic E-state index is -0.461. The van der Waals surface area contributed by atoms with Gasteiger partial charge in [-0.15, -0.1) is 0 Å². The second-order valence-electron chi connectivity index (χ2n) is 4.61. The Hall–Kier alpha value is -1.92. The van der Waals surface area contributed by atoms with Gasteiger partial charge in [0.1, 0.15) is 6.04 Å². The Bertz CT molecular complexity index is 702. The fourth-order valence-electron chi connectivity index (χ4n) is 2.18. The van der Waals surface area contributed by atoms with E-state index in [1.807, 2.05) is 48.5 Å². The monoisotopic (exact) mass is 361 g/mol. The number of anilines is 2. The number of hydrogen-bond acceptors (Lipinski definition) is 2. The molecule has 0 bridgehead atoms. The molecule has 2 aromatic rings. The van der Waals surface area contributed by atoms with Gasteiger partial charge in [0.15, 0.2) is 5.11 Å². The predicted octanol–water partition coefficient (Wildman–Crippen LogP) is 3.43. The third-order valence-corrected chi connectivity index (χ3v) is 3.92. The van der Waals surface area contributed by atoms with E-state index in [0.29, 0.717) is 5.11 Å². The van der Waals surface area contributed by atoms with Crippen LogP contribution in [-0.2, 0) is 4.79 Å². The van der Waals surface area contributed by atoms with Gasteiger partial charge in [-0.1, -0.05) is 34.1 Å². The van der Waals surface area contributed by atoms with E-state index in [4.69, 9.17) is 12.2 Å². The second kappa shape index (κ2) is 5.83. The van der Waals surface area contributed by atoms with E-state index in [0.717, 1.165) is 21.4 Å². The lowest BCUT2D eigenvalue weighted by Crippen LogP contribution is -2.35. The minimum Gasteiger partial charge on any atom is -0.347 e. The Morgan fingerprint density at radius 2 is 1.86 bits per heavy atom. The largest absolute Gasteiger partial charge is 0.347 e. The smallest absolute Gasteiger partial charge is 0.251 e. The van der Waals surface area contributed by atoms with E-state index in [1.165, 1.54) is 0 Å². The number of fused-ring (bicyclic) bond motifs is 1. The highest BCUT2D eigenvalue weighted by molar-refractivity contribution is 9.10. The number of amides is 1. The van der Waals surface area contributed by atoms with Crippen LogP contribution in [0.5, 0.6) is 0 Å². The van der Waals surface area contributed by atoms with E-state index in [1.54, 1.807) is 0 Å². The van der Waals surface area contributed by atoms with Crippen LogP contribution in [0.3, 0.4) is 0 Å². The van der Waals surface area contributed by atoms with E-state index in [2.05, 4.69) is 31.9 Å². The normalized spacial score (nSPS) is 16.0. The summed E-state index contributed by atoms with van der Waals surface area (Å²) in [7, 11) is 0. The van der Waals surface area contributed by atoms with Gasteiger partial charge in [-0.25, -0.2) is 0 Å². The van der Waals surface area contributed by atoms with E-state index < -0.39 is 6.04 Å². The molecule has 1 amide bonds. The Kier molecular flexibility index (Phi) is 3.90. The number of nitrogens with one attached hydrogen (secondary N) is 3. The molecule has 0 aromatic heterocycles. The molecule has 1 unspecified atom stereocenters. The van der Waals surface area contributed by atoms with Crippen molar-refractivity contribution in [2.75, 3.05) is 10.6 Å². The molecule has 106 valence electrons. The van der Waals surface area contributed by atoms with Gasteiger partial charge in [0, 0.05) is 21.4 Å². The third-order valence-electron chi connectivity index (χ3n) is 3.17. The van der Waals surface area contributed by atoms with Gasteiger partial charge in [-0.2, -0.15) is 0 Å². The first-order valence-corrected chi connectivity index (χ1v) is 7.56. The number of rotatable bonds is 2. The average Bonchev–Trinajstić information content (AvgIpc) is 2.78. The van der Waals surface area contributed by atoms with Crippen molar-refractivity contribution in [3.63, 3.8) is 0 Å². The Morgan fingerprint density at radius 1 is 1.14 bits per heavy atom. The lowest BCUT2D eigenvalue weighted by atomic mass is 10.1. The van der Waals surface area contributed by atoms with Crippen molar-refractivity contribution < 1.29 is 4.79 Å². The molecular weight excluding hydrogens is 350 g/mol. The van der Waals surface area contributed by atoms with Gasteiger partial charge < -0.3 is 16.0 Å². The summed E-state index contributed by atoms with van der Waals surface area (Å²) >= 11 is 8.65. The van der Waals surface area contributed by atoms with Crippen molar-refractivity contribution in [2.45, 2.75) is 6.04 Å². The number of carbonyl (C=O) groups is 1. The van der Waals surface area contributed by atoms with Crippen LogP contribution < -0.4 is 16.0 Å². The molecule has 1 aliphatic rings. The van der Waals surface area contributed by atoms with E-state index in [-0.39, 0.29) is 5.91 Å². The molecule has 3 N–H and O–H groups in total. The lowest BCUT2D eigenvalue weighted by Gasteiger charge is -2.15. The fourth-order valence-corrected chi connectivity index (χ4v) is 2.68. The zero-order valence-corrected chi connectivity index (χ0v) is 13.3. The van der Waals surface area contributed by atoms with Gasteiger partial charge in [-0.05, 0) is 42.5 Å². The topological polar surface area (TPSA) is 53.2 Å². The Balaban J connectivity index is 1.70. The number of thiocarbonyl (C=S) groups is 1. The molecule has 1 heterocycles. The highest BCUT2D eigenvalue weighted by atomic mass is 79.9. The van der Waals surface area contributed by atoms with Gasteiger partial charge in [0.25, 0.3) is 5.91 Å². The van der Waals surface area contributed by atoms with Crippen LogP contribution in [0.25, 0.3) is 0 Å². The maximum Gasteiger partial charge on any atom is 0.251 e. The quantitative estimate of drug-likeness (QED) is 0.717.